The molecule has 0 atom stereocenters. The number of aromatic hydroxyl groups is 1. The number of hydrogen-bond donors (Lipinski definition) is 1. The zero-order valence-corrected chi connectivity index (χ0v) is 14.8. The minimum Gasteiger partial charge on any atom is -0.502 e. The molecule has 4 aromatic rings. The molecule has 2 heterocycles. The molecule has 0 spiro atoms. The van der Waals surface area contributed by atoms with Crippen molar-refractivity contribution >= 4 is 22.7 Å². The Morgan fingerprint density at radius 1 is 1.04 bits per heavy atom. The summed E-state index contributed by atoms with van der Waals surface area (Å²) >= 11 is 1.28. The predicted molar refractivity (Wildman–Crippen MR) is 104 cm³/mol. The van der Waals surface area contributed by atoms with E-state index in [1.54, 1.807) is 22.8 Å². The Kier molecular flexibility index (Phi) is 4.52. The molecule has 7 heteroatoms. The van der Waals surface area contributed by atoms with Crippen LogP contribution < -0.4 is 11.0 Å². The lowest BCUT2D eigenvalue weighted by Crippen LogP contribution is -2.21. The summed E-state index contributed by atoms with van der Waals surface area (Å²) in [5, 5.41) is 10.3. The summed E-state index contributed by atoms with van der Waals surface area (Å²) in [6.45, 7) is 0. The molecule has 2 aromatic heterocycles. The smallest absolute Gasteiger partial charge is 0.266 e. The maximum absolute atomic E-state index is 13.1. The Balaban J connectivity index is 1.82. The van der Waals surface area contributed by atoms with Gasteiger partial charge >= 0.3 is 0 Å². The molecule has 0 bridgehead atoms. The van der Waals surface area contributed by atoms with Gasteiger partial charge < -0.3 is 9.52 Å². The minimum atomic E-state index is -0.510. The van der Waals surface area contributed by atoms with Crippen molar-refractivity contribution in [3.8, 4) is 11.4 Å². The summed E-state index contributed by atoms with van der Waals surface area (Å²) in [5.41, 5.74) is 0.630. The standard InChI is InChI=1S/C20H14N2O4S/c23-17-10-14(26-11-18(17)24)12-27-20-21-16-9-5-4-8-15(16)19(25)22(20)13-6-2-1-3-7-13/h1-11,24H,12H2. The van der Waals surface area contributed by atoms with Crippen molar-refractivity contribution in [2.75, 3.05) is 0 Å². The van der Waals surface area contributed by atoms with Crippen LogP contribution in [0.15, 0.2) is 86.1 Å². The number of rotatable bonds is 4. The van der Waals surface area contributed by atoms with Crippen LogP contribution in [0.4, 0.5) is 0 Å². The van der Waals surface area contributed by atoms with E-state index in [0.717, 1.165) is 6.26 Å². The Bertz CT molecular complexity index is 1230. The van der Waals surface area contributed by atoms with Crippen molar-refractivity contribution < 1.29 is 9.52 Å². The Labute approximate surface area is 157 Å². The molecule has 0 saturated carbocycles. The third kappa shape index (κ3) is 3.37. The van der Waals surface area contributed by atoms with Crippen molar-refractivity contribution in [3.05, 3.63) is 93.3 Å². The van der Waals surface area contributed by atoms with Gasteiger partial charge in [-0.2, -0.15) is 0 Å². The molecule has 0 aliphatic heterocycles. The van der Waals surface area contributed by atoms with Crippen LogP contribution in [-0.4, -0.2) is 14.7 Å². The maximum atomic E-state index is 13.1. The number of hydrogen-bond acceptors (Lipinski definition) is 6. The Hall–Kier alpha value is -3.32. The van der Waals surface area contributed by atoms with Gasteiger partial charge in [0.2, 0.25) is 5.43 Å². The number of nitrogens with zero attached hydrogens (tertiary/aromatic N) is 2. The van der Waals surface area contributed by atoms with Gasteiger partial charge in [-0.15, -0.1) is 0 Å². The largest absolute Gasteiger partial charge is 0.502 e. The zero-order valence-electron chi connectivity index (χ0n) is 14.0. The first-order valence-corrected chi connectivity index (χ1v) is 9.13. The van der Waals surface area contributed by atoms with E-state index in [-0.39, 0.29) is 11.3 Å². The fourth-order valence-corrected chi connectivity index (χ4v) is 3.57. The molecular formula is C20H14N2O4S. The first-order valence-electron chi connectivity index (χ1n) is 8.14. The summed E-state index contributed by atoms with van der Waals surface area (Å²) in [4.78, 5) is 29.3. The van der Waals surface area contributed by atoms with Crippen molar-refractivity contribution in [2.45, 2.75) is 10.9 Å². The average molecular weight is 378 g/mol. The van der Waals surface area contributed by atoms with Gasteiger partial charge in [0, 0.05) is 6.07 Å². The van der Waals surface area contributed by atoms with E-state index in [1.165, 1.54) is 17.8 Å². The topological polar surface area (TPSA) is 85.3 Å². The Morgan fingerprint density at radius 2 is 1.78 bits per heavy atom. The number of para-hydroxylation sites is 2. The van der Waals surface area contributed by atoms with Gasteiger partial charge in [-0.05, 0) is 24.3 Å². The summed E-state index contributed by atoms with van der Waals surface area (Å²) in [5.74, 6) is 0.228. The van der Waals surface area contributed by atoms with Crippen molar-refractivity contribution in [1.82, 2.24) is 9.55 Å². The van der Waals surface area contributed by atoms with Crippen LogP contribution in [0.25, 0.3) is 16.6 Å². The van der Waals surface area contributed by atoms with E-state index < -0.39 is 11.2 Å². The molecule has 1 N–H and O–H groups in total. The maximum Gasteiger partial charge on any atom is 0.266 e. The van der Waals surface area contributed by atoms with Gasteiger partial charge in [0.25, 0.3) is 5.56 Å². The number of fused-ring (bicyclic) bond motifs is 1. The first-order chi connectivity index (χ1) is 13.1. The van der Waals surface area contributed by atoms with Crippen LogP contribution in [0.1, 0.15) is 5.76 Å². The van der Waals surface area contributed by atoms with Crippen LogP contribution in [0.2, 0.25) is 0 Å². The van der Waals surface area contributed by atoms with Crippen LogP contribution in [0, 0.1) is 0 Å². The van der Waals surface area contributed by atoms with E-state index in [2.05, 4.69) is 4.98 Å². The zero-order chi connectivity index (χ0) is 18.8. The molecule has 0 amide bonds. The minimum absolute atomic E-state index is 0.165. The fraction of sp³-hybridized carbons (Fsp3) is 0.0500. The normalized spacial score (nSPS) is 11.0. The Morgan fingerprint density at radius 3 is 2.56 bits per heavy atom. The highest BCUT2D eigenvalue weighted by Crippen LogP contribution is 2.24. The lowest BCUT2D eigenvalue weighted by atomic mass is 10.2. The van der Waals surface area contributed by atoms with Gasteiger partial charge in [0.05, 0.1) is 22.3 Å². The second-order valence-corrected chi connectivity index (χ2v) is 6.71. The van der Waals surface area contributed by atoms with Crippen LogP contribution in [0.3, 0.4) is 0 Å². The van der Waals surface area contributed by atoms with Gasteiger partial charge in [-0.1, -0.05) is 42.1 Å². The van der Waals surface area contributed by atoms with E-state index in [4.69, 9.17) is 4.42 Å². The average Bonchev–Trinajstić information content (AvgIpc) is 2.70. The third-order valence-electron chi connectivity index (χ3n) is 3.97. The SMILES string of the molecule is O=c1cc(CSc2nc3ccccc3c(=O)n2-c2ccccc2)occ1O. The highest BCUT2D eigenvalue weighted by Gasteiger charge is 2.14. The van der Waals surface area contributed by atoms with Crippen molar-refractivity contribution in [2.24, 2.45) is 0 Å². The number of benzene rings is 2. The summed E-state index contributed by atoms with van der Waals surface area (Å²) in [7, 11) is 0. The quantitative estimate of drug-likeness (QED) is 0.433. The molecule has 6 nitrogen and oxygen atoms in total. The summed E-state index contributed by atoms with van der Waals surface area (Å²) in [6.07, 6.45) is 1.01. The number of aromatic nitrogens is 2. The number of thioether (sulfide) groups is 1. The molecule has 0 fully saturated rings. The first kappa shape index (κ1) is 17.1. The van der Waals surface area contributed by atoms with E-state index in [1.807, 2.05) is 36.4 Å². The monoisotopic (exact) mass is 378 g/mol. The van der Waals surface area contributed by atoms with Crippen molar-refractivity contribution in [3.63, 3.8) is 0 Å². The third-order valence-corrected chi connectivity index (χ3v) is 4.93. The van der Waals surface area contributed by atoms with E-state index in [9.17, 15) is 14.7 Å². The molecule has 0 aliphatic rings. The molecular weight excluding hydrogens is 364 g/mol. The fourth-order valence-electron chi connectivity index (χ4n) is 2.67. The summed E-state index contributed by atoms with van der Waals surface area (Å²) in [6, 6.07) is 17.7. The molecule has 27 heavy (non-hydrogen) atoms. The molecule has 0 radical (unpaired) electrons. The van der Waals surface area contributed by atoms with Gasteiger partial charge in [-0.25, -0.2) is 4.98 Å². The van der Waals surface area contributed by atoms with Crippen LogP contribution in [0.5, 0.6) is 5.75 Å². The summed E-state index contributed by atoms with van der Waals surface area (Å²) < 4.78 is 6.79. The van der Waals surface area contributed by atoms with Gasteiger partial charge in [-0.3, -0.25) is 14.2 Å². The van der Waals surface area contributed by atoms with Gasteiger partial charge in [0.1, 0.15) is 12.0 Å². The van der Waals surface area contributed by atoms with E-state index in [0.29, 0.717) is 27.5 Å². The van der Waals surface area contributed by atoms with Gasteiger partial charge in [0.15, 0.2) is 10.9 Å². The molecule has 4 rings (SSSR count). The predicted octanol–water partition coefficient (Wildman–Crippen LogP) is 3.34. The van der Waals surface area contributed by atoms with Crippen LogP contribution in [-0.2, 0) is 5.75 Å². The molecule has 0 saturated heterocycles. The molecule has 134 valence electrons. The lowest BCUT2D eigenvalue weighted by molar-refractivity contribution is 0.419. The molecule has 0 aliphatic carbocycles. The van der Waals surface area contributed by atoms with E-state index >= 15 is 0 Å². The highest BCUT2D eigenvalue weighted by atomic mass is 32.2. The second-order valence-electron chi connectivity index (χ2n) is 5.77. The molecule has 2 aromatic carbocycles. The van der Waals surface area contributed by atoms with Crippen LogP contribution >= 0.6 is 11.8 Å². The molecule has 0 unspecified atom stereocenters. The second kappa shape index (κ2) is 7.13. The van der Waals surface area contributed by atoms with Crippen molar-refractivity contribution in [1.29, 1.82) is 0 Å². The highest BCUT2D eigenvalue weighted by molar-refractivity contribution is 7.98. The lowest BCUT2D eigenvalue weighted by Gasteiger charge is -2.13.